The van der Waals surface area contributed by atoms with Crippen molar-refractivity contribution < 1.29 is 0 Å². The fourth-order valence-corrected chi connectivity index (χ4v) is 1.59. The molecule has 0 bridgehead atoms. The maximum atomic E-state index is 5.61. The first-order valence-electron chi connectivity index (χ1n) is 5.54. The summed E-state index contributed by atoms with van der Waals surface area (Å²) in [6, 6.07) is 2.04. The Morgan fingerprint density at radius 1 is 1.33 bits per heavy atom. The first kappa shape index (κ1) is 12.1. The van der Waals surface area contributed by atoms with Gasteiger partial charge in [0.2, 0.25) is 0 Å². The lowest BCUT2D eigenvalue weighted by molar-refractivity contribution is 0.454. The summed E-state index contributed by atoms with van der Waals surface area (Å²) < 4.78 is 0. The highest BCUT2D eigenvalue weighted by molar-refractivity contribution is 5.14. The maximum absolute atomic E-state index is 5.61. The molecule has 0 saturated heterocycles. The zero-order valence-corrected chi connectivity index (χ0v) is 10.2. The number of aryl methyl sites for hydroxylation is 2. The largest absolute Gasteiger partial charge is 0.330 e. The van der Waals surface area contributed by atoms with Crippen LogP contribution < -0.4 is 5.73 Å². The SMILES string of the molecule is CCc1cc(C)nc(C(C)(C)CCN)n1. The normalized spacial score (nSPS) is 11.8. The molecule has 84 valence electrons. The molecule has 0 aliphatic rings. The van der Waals surface area contributed by atoms with Crippen molar-refractivity contribution in [1.82, 2.24) is 9.97 Å². The molecule has 0 aromatic carbocycles. The fraction of sp³-hybridized carbons (Fsp3) is 0.667. The van der Waals surface area contributed by atoms with Gasteiger partial charge in [-0.25, -0.2) is 9.97 Å². The molecule has 1 aromatic heterocycles. The van der Waals surface area contributed by atoms with E-state index in [-0.39, 0.29) is 5.41 Å². The van der Waals surface area contributed by atoms with Gasteiger partial charge >= 0.3 is 0 Å². The summed E-state index contributed by atoms with van der Waals surface area (Å²) in [6.45, 7) is 9.10. The van der Waals surface area contributed by atoms with Crippen molar-refractivity contribution in [3.05, 3.63) is 23.3 Å². The van der Waals surface area contributed by atoms with Gasteiger partial charge in [-0.2, -0.15) is 0 Å². The van der Waals surface area contributed by atoms with E-state index in [1.807, 2.05) is 13.0 Å². The molecule has 0 unspecified atom stereocenters. The average Bonchev–Trinajstić information content (AvgIpc) is 2.16. The van der Waals surface area contributed by atoms with Crippen LogP contribution >= 0.6 is 0 Å². The second-order valence-corrected chi connectivity index (χ2v) is 4.60. The summed E-state index contributed by atoms with van der Waals surface area (Å²) in [5.74, 6) is 0.921. The molecule has 1 aromatic rings. The van der Waals surface area contributed by atoms with Gasteiger partial charge in [-0.3, -0.25) is 0 Å². The Labute approximate surface area is 92.1 Å². The predicted octanol–water partition coefficient (Wildman–Crippen LogP) is 1.97. The third kappa shape index (κ3) is 2.99. The van der Waals surface area contributed by atoms with Gasteiger partial charge in [0.05, 0.1) is 0 Å². The molecule has 0 aliphatic heterocycles. The number of hydrogen-bond acceptors (Lipinski definition) is 3. The third-order valence-electron chi connectivity index (χ3n) is 2.64. The summed E-state index contributed by atoms with van der Waals surface area (Å²) in [4.78, 5) is 9.08. The second kappa shape index (κ2) is 4.71. The van der Waals surface area contributed by atoms with E-state index in [9.17, 15) is 0 Å². The van der Waals surface area contributed by atoms with E-state index in [1.165, 1.54) is 0 Å². The molecule has 1 heterocycles. The quantitative estimate of drug-likeness (QED) is 0.821. The molecule has 2 N–H and O–H groups in total. The second-order valence-electron chi connectivity index (χ2n) is 4.60. The number of rotatable bonds is 4. The van der Waals surface area contributed by atoms with Crippen LogP contribution in [0.5, 0.6) is 0 Å². The Kier molecular flexibility index (Phi) is 3.80. The highest BCUT2D eigenvalue weighted by Gasteiger charge is 2.23. The molecule has 3 heteroatoms. The van der Waals surface area contributed by atoms with Gasteiger partial charge in [0, 0.05) is 16.8 Å². The Morgan fingerprint density at radius 3 is 2.53 bits per heavy atom. The molecular formula is C12H21N3. The maximum Gasteiger partial charge on any atom is 0.134 e. The summed E-state index contributed by atoms with van der Waals surface area (Å²) in [7, 11) is 0. The van der Waals surface area contributed by atoms with Gasteiger partial charge in [-0.1, -0.05) is 20.8 Å². The molecule has 0 fully saturated rings. The summed E-state index contributed by atoms with van der Waals surface area (Å²) >= 11 is 0. The van der Waals surface area contributed by atoms with Crippen LogP contribution in [0.1, 0.15) is 44.4 Å². The highest BCUT2D eigenvalue weighted by atomic mass is 14.9. The van der Waals surface area contributed by atoms with E-state index in [2.05, 4.69) is 30.7 Å². The van der Waals surface area contributed by atoms with Crippen molar-refractivity contribution in [3.8, 4) is 0 Å². The van der Waals surface area contributed by atoms with Crippen LogP contribution in [0, 0.1) is 6.92 Å². The molecule has 1 rings (SSSR count). The molecule has 0 radical (unpaired) electrons. The minimum absolute atomic E-state index is 0.0231. The molecule has 0 saturated carbocycles. The Bertz CT molecular complexity index is 332. The Hall–Kier alpha value is -0.960. The van der Waals surface area contributed by atoms with Crippen LogP contribution in [0.25, 0.3) is 0 Å². The number of hydrogen-bond donors (Lipinski definition) is 1. The highest BCUT2D eigenvalue weighted by Crippen LogP contribution is 2.23. The van der Waals surface area contributed by atoms with Crippen LogP contribution in [-0.4, -0.2) is 16.5 Å². The molecule has 0 amide bonds. The topological polar surface area (TPSA) is 51.8 Å². The Balaban J connectivity index is 3.07. The van der Waals surface area contributed by atoms with Gasteiger partial charge in [0.15, 0.2) is 0 Å². The van der Waals surface area contributed by atoms with E-state index in [0.717, 1.165) is 30.1 Å². The van der Waals surface area contributed by atoms with Crippen molar-refractivity contribution in [1.29, 1.82) is 0 Å². The predicted molar refractivity (Wildman–Crippen MR) is 62.8 cm³/mol. The molecule has 0 spiro atoms. The van der Waals surface area contributed by atoms with Crippen LogP contribution in [0.15, 0.2) is 6.07 Å². The van der Waals surface area contributed by atoms with Crippen molar-refractivity contribution >= 4 is 0 Å². The fourth-order valence-electron chi connectivity index (χ4n) is 1.59. The minimum atomic E-state index is -0.0231. The minimum Gasteiger partial charge on any atom is -0.330 e. The lowest BCUT2D eigenvalue weighted by Crippen LogP contribution is -2.25. The van der Waals surface area contributed by atoms with Crippen LogP contribution in [0.3, 0.4) is 0 Å². The lowest BCUT2D eigenvalue weighted by atomic mass is 9.88. The molecule has 3 nitrogen and oxygen atoms in total. The van der Waals surface area contributed by atoms with E-state index in [1.54, 1.807) is 0 Å². The number of nitrogens with zero attached hydrogens (tertiary/aromatic N) is 2. The Morgan fingerprint density at radius 2 is 2.00 bits per heavy atom. The standard InChI is InChI=1S/C12H21N3/c1-5-10-8-9(2)14-11(15-10)12(3,4)6-7-13/h8H,5-7,13H2,1-4H3. The van der Waals surface area contributed by atoms with E-state index in [4.69, 9.17) is 5.73 Å². The van der Waals surface area contributed by atoms with E-state index in [0.29, 0.717) is 6.54 Å². The molecular weight excluding hydrogens is 186 g/mol. The van der Waals surface area contributed by atoms with Gasteiger partial charge in [0.1, 0.15) is 5.82 Å². The molecule has 0 atom stereocenters. The van der Waals surface area contributed by atoms with Crippen LogP contribution in [0.4, 0.5) is 0 Å². The van der Waals surface area contributed by atoms with Crippen LogP contribution in [0.2, 0.25) is 0 Å². The zero-order valence-electron chi connectivity index (χ0n) is 10.2. The summed E-state index contributed by atoms with van der Waals surface area (Å²) in [5.41, 5.74) is 7.74. The van der Waals surface area contributed by atoms with Gasteiger partial charge in [-0.05, 0) is 32.4 Å². The summed E-state index contributed by atoms with van der Waals surface area (Å²) in [5, 5.41) is 0. The monoisotopic (exact) mass is 207 g/mol. The van der Waals surface area contributed by atoms with Crippen molar-refractivity contribution in [2.45, 2.75) is 46.0 Å². The first-order chi connectivity index (χ1) is 6.99. The van der Waals surface area contributed by atoms with E-state index >= 15 is 0 Å². The molecule has 0 aliphatic carbocycles. The third-order valence-corrected chi connectivity index (χ3v) is 2.64. The van der Waals surface area contributed by atoms with Gasteiger partial charge in [-0.15, -0.1) is 0 Å². The first-order valence-corrected chi connectivity index (χ1v) is 5.54. The van der Waals surface area contributed by atoms with E-state index < -0.39 is 0 Å². The van der Waals surface area contributed by atoms with Gasteiger partial charge in [0.25, 0.3) is 0 Å². The number of nitrogens with two attached hydrogens (primary N) is 1. The lowest BCUT2D eigenvalue weighted by Gasteiger charge is -2.22. The number of aromatic nitrogens is 2. The van der Waals surface area contributed by atoms with Gasteiger partial charge < -0.3 is 5.73 Å². The smallest absolute Gasteiger partial charge is 0.134 e. The van der Waals surface area contributed by atoms with Crippen LogP contribution in [-0.2, 0) is 11.8 Å². The van der Waals surface area contributed by atoms with Crippen molar-refractivity contribution in [2.75, 3.05) is 6.54 Å². The van der Waals surface area contributed by atoms with Crippen molar-refractivity contribution in [3.63, 3.8) is 0 Å². The summed E-state index contributed by atoms with van der Waals surface area (Å²) in [6.07, 6.45) is 1.87. The average molecular weight is 207 g/mol. The van der Waals surface area contributed by atoms with Crippen molar-refractivity contribution in [2.24, 2.45) is 5.73 Å². The molecule has 15 heavy (non-hydrogen) atoms. The zero-order chi connectivity index (χ0) is 11.5.